The summed E-state index contributed by atoms with van der Waals surface area (Å²) >= 11 is 1.29. The molecule has 5 nitrogen and oxygen atoms in total. The third-order valence-electron chi connectivity index (χ3n) is 4.15. The largest absolute Gasteiger partial charge is 0.326 e. The van der Waals surface area contributed by atoms with E-state index in [1.54, 1.807) is 0 Å². The zero-order valence-corrected chi connectivity index (χ0v) is 16.4. The van der Waals surface area contributed by atoms with E-state index in [9.17, 15) is 14.0 Å². The van der Waals surface area contributed by atoms with E-state index in [4.69, 9.17) is 0 Å². The van der Waals surface area contributed by atoms with Crippen LogP contribution >= 0.6 is 11.3 Å². The lowest BCUT2D eigenvalue weighted by molar-refractivity contribution is -0.116. The van der Waals surface area contributed by atoms with E-state index in [1.807, 2.05) is 37.4 Å². The SMILES string of the molecule is Cc1ccc(C)c(NC(=O)CCc2csc(NC(=O)c3ccc(F)cc3)n2)c1. The zero-order chi connectivity index (χ0) is 20.1. The maximum Gasteiger partial charge on any atom is 0.257 e. The first-order valence-corrected chi connectivity index (χ1v) is 9.67. The molecule has 0 aliphatic carbocycles. The van der Waals surface area contributed by atoms with Crippen molar-refractivity contribution >= 4 is 34.0 Å². The summed E-state index contributed by atoms with van der Waals surface area (Å²) in [6, 6.07) is 11.2. The maximum absolute atomic E-state index is 12.9. The van der Waals surface area contributed by atoms with E-state index in [-0.39, 0.29) is 11.8 Å². The Morgan fingerprint density at radius 3 is 2.57 bits per heavy atom. The van der Waals surface area contributed by atoms with Crippen LogP contribution in [0.3, 0.4) is 0 Å². The first-order valence-electron chi connectivity index (χ1n) is 8.79. The molecule has 0 unspecified atom stereocenters. The molecule has 2 N–H and O–H groups in total. The molecule has 0 saturated carbocycles. The number of benzene rings is 2. The third-order valence-corrected chi connectivity index (χ3v) is 4.96. The van der Waals surface area contributed by atoms with Gasteiger partial charge in [-0.3, -0.25) is 14.9 Å². The van der Waals surface area contributed by atoms with Gasteiger partial charge in [0.1, 0.15) is 5.82 Å². The van der Waals surface area contributed by atoms with E-state index < -0.39 is 5.82 Å². The molecule has 0 bridgehead atoms. The number of hydrogen-bond acceptors (Lipinski definition) is 4. The molecule has 0 radical (unpaired) electrons. The first kappa shape index (κ1) is 19.7. The molecule has 0 fully saturated rings. The molecule has 3 aromatic rings. The van der Waals surface area contributed by atoms with Gasteiger partial charge in [-0.1, -0.05) is 12.1 Å². The van der Waals surface area contributed by atoms with Gasteiger partial charge in [0.25, 0.3) is 5.91 Å². The van der Waals surface area contributed by atoms with E-state index in [2.05, 4.69) is 15.6 Å². The number of anilines is 2. The molecule has 2 amide bonds. The van der Waals surface area contributed by atoms with Crippen LogP contribution in [0.2, 0.25) is 0 Å². The third kappa shape index (κ3) is 5.23. The summed E-state index contributed by atoms with van der Waals surface area (Å²) in [6.45, 7) is 3.93. The lowest BCUT2D eigenvalue weighted by atomic mass is 10.1. The Hall–Kier alpha value is -3.06. The molecule has 1 heterocycles. The highest BCUT2D eigenvalue weighted by Gasteiger charge is 2.11. The summed E-state index contributed by atoms with van der Waals surface area (Å²) in [5, 5.41) is 7.86. The molecule has 0 aliphatic heterocycles. The number of aryl methyl sites for hydroxylation is 3. The summed E-state index contributed by atoms with van der Waals surface area (Å²) in [4.78, 5) is 28.7. The van der Waals surface area contributed by atoms with Crippen molar-refractivity contribution in [2.24, 2.45) is 0 Å². The van der Waals surface area contributed by atoms with Crippen LogP contribution in [0, 0.1) is 19.7 Å². The molecule has 0 atom stereocenters. The summed E-state index contributed by atoms with van der Waals surface area (Å²) in [7, 11) is 0. The second-order valence-electron chi connectivity index (χ2n) is 6.47. The van der Waals surface area contributed by atoms with Crippen molar-refractivity contribution in [1.29, 1.82) is 0 Å². The van der Waals surface area contributed by atoms with Crippen LogP contribution in [0.25, 0.3) is 0 Å². The molecule has 1 aromatic heterocycles. The number of nitrogens with one attached hydrogen (secondary N) is 2. The molecular weight excluding hydrogens is 377 g/mol. The molecule has 0 spiro atoms. The number of aromatic nitrogens is 1. The van der Waals surface area contributed by atoms with E-state index in [1.165, 1.54) is 35.6 Å². The fourth-order valence-corrected chi connectivity index (χ4v) is 3.31. The molecule has 28 heavy (non-hydrogen) atoms. The van der Waals surface area contributed by atoms with Crippen molar-refractivity contribution < 1.29 is 14.0 Å². The van der Waals surface area contributed by atoms with Crippen LogP contribution in [-0.4, -0.2) is 16.8 Å². The lowest BCUT2D eigenvalue weighted by Crippen LogP contribution is -2.14. The number of rotatable bonds is 6. The van der Waals surface area contributed by atoms with Gasteiger partial charge in [-0.15, -0.1) is 11.3 Å². The van der Waals surface area contributed by atoms with Crippen molar-refractivity contribution in [3.05, 3.63) is 76.0 Å². The van der Waals surface area contributed by atoms with Crippen molar-refractivity contribution in [2.75, 3.05) is 10.6 Å². The van der Waals surface area contributed by atoms with Gasteiger partial charge in [0.05, 0.1) is 5.69 Å². The highest BCUT2D eigenvalue weighted by molar-refractivity contribution is 7.14. The van der Waals surface area contributed by atoms with Crippen LogP contribution < -0.4 is 10.6 Å². The molecule has 144 valence electrons. The Morgan fingerprint density at radius 2 is 1.82 bits per heavy atom. The zero-order valence-electron chi connectivity index (χ0n) is 15.6. The molecular formula is C21H20FN3O2S. The average molecular weight is 397 g/mol. The minimum Gasteiger partial charge on any atom is -0.326 e. The molecule has 0 saturated heterocycles. The Labute approximate surface area is 166 Å². The Balaban J connectivity index is 1.53. The highest BCUT2D eigenvalue weighted by atomic mass is 32.1. The summed E-state index contributed by atoms with van der Waals surface area (Å²) in [5.74, 6) is -0.834. The predicted molar refractivity (Wildman–Crippen MR) is 109 cm³/mol. The van der Waals surface area contributed by atoms with E-state index in [0.29, 0.717) is 23.5 Å². The number of carbonyl (C=O) groups is 2. The number of carbonyl (C=O) groups excluding carboxylic acids is 2. The van der Waals surface area contributed by atoms with Crippen LogP contribution in [0.4, 0.5) is 15.2 Å². The van der Waals surface area contributed by atoms with E-state index >= 15 is 0 Å². The van der Waals surface area contributed by atoms with Gasteiger partial charge in [-0.05, 0) is 61.7 Å². The van der Waals surface area contributed by atoms with E-state index in [0.717, 1.165) is 22.5 Å². The minimum atomic E-state index is -0.396. The predicted octanol–water partition coefficient (Wildman–Crippen LogP) is 4.72. The van der Waals surface area contributed by atoms with Crippen molar-refractivity contribution in [3.8, 4) is 0 Å². The second-order valence-corrected chi connectivity index (χ2v) is 7.33. The normalized spacial score (nSPS) is 10.5. The highest BCUT2D eigenvalue weighted by Crippen LogP contribution is 2.19. The van der Waals surface area contributed by atoms with Crippen molar-refractivity contribution in [1.82, 2.24) is 4.98 Å². The Morgan fingerprint density at radius 1 is 1.07 bits per heavy atom. The Kier molecular flexibility index (Phi) is 6.16. The van der Waals surface area contributed by atoms with Crippen molar-refractivity contribution in [3.63, 3.8) is 0 Å². The molecule has 2 aromatic carbocycles. The smallest absolute Gasteiger partial charge is 0.257 e. The first-order chi connectivity index (χ1) is 13.4. The average Bonchev–Trinajstić information content (AvgIpc) is 3.11. The standard InChI is InChI=1S/C21H20FN3O2S/c1-13-3-4-14(2)18(11-13)24-19(26)10-9-17-12-28-21(23-17)25-20(27)15-5-7-16(22)8-6-15/h3-8,11-12H,9-10H2,1-2H3,(H,24,26)(H,23,25,27). The van der Waals surface area contributed by atoms with Crippen LogP contribution in [-0.2, 0) is 11.2 Å². The minimum absolute atomic E-state index is 0.0846. The van der Waals surface area contributed by atoms with Gasteiger partial charge in [0.15, 0.2) is 5.13 Å². The van der Waals surface area contributed by atoms with Crippen LogP contribution in [0.15, 0.2) is 47.8 Å². The number of amides is 2. The van der Waals surface area contributed by atoms with Gasteiger partial charge in [0, 0.05) is 23.1 Å². The van der Waals surface area contributed by atoms with Crippen molar-refractivity contribution in [2.45, 2.75) is 26.7 Å². The fraction of sp³-hybridized carbons (Fsp3) is 0.190. The number of thiazole rings is 1. The quantitative estimate of drug-likeness (QED) is 0.632. The number of hydrogen-bond donors (Lipinski definition) is 2. The summed E-state index contributed by atoms with van der Waals surface area (Å²) in [5.41, 5.74) is 4.00. The number of nitrogens with zero attached hydrogens (tertiary/aromatic N) is 1. The fourth-order valence-electron chi connectivity index (χ4n) is 2.57. The topological polar surface area (TPSA) is 71.1 Å². The lowest BCUT2D eigenvalue weighted by Gasteiger charge is -2.09. The summed E-state index contributed by atoms with van der Waals surface area (Å²) in [6.07, 6.45) is 0.766. The second kappa shape index (κ2) is 8.75. The Bertz CT molecular complexity index is 999. The molecule has 0 aliphatic rings. The van der Waals surface area contributed by atoms with Crippen LogP contribution in [0.1, 0.15) is 33.6 Å². The van der Waals surface area contributed by atoms with Crippen LogP contribution in [0.5, 0.6) is 0 Å². The monoisotopic (exact) mass is 397 g/mol. The van der Waals surface area contributed by atoms with Gasteiger partial charge in [-0.25, -0.2) is 9.37 Å². The maximum atomic E-state index is 12.9. The summed E-state index contributed by atoms with van der Waals surface area (Å²) < 4.78 is 12.9. The van der Waals surface area contributed by atoms with Gasteiger partial charge >= 0.3 is 0 Å². The molecule has 3 rings (SSSR count). The molecule has 7 heteroatoms. The van der Waals surface area contributed by atoms with Gasteiger partial charge in [-0.2, -0.15) is 0 Å². The van der Waals surface area contributed by atoms with Gasteiger partial charge < -0.3 is 5.32 Å². The van der Waals surface area contributed by atoms with Gasteiger partial charge in [0.2, 0.25) is 5.91 Å². The number of halogens is 1.